The second kappa shape index (κ2) is 7.50. The van der Waals surface area contributed by atoms with Crippen LogP contribution in [0.4, 0.5) is 5.69 Å². The first kappa shape index (κ1) is 15.1. The van der Waals surface area contributed by atoms with Crippen LogP contribution in [0.2, 0.25) is 0 Å². The second-order valence-electron chi connectivity index (χ2n) is 4.39. The van der Waals surface area contributed by atoms with E-state index in [0.29, 0.717) is 4.88 Å². The number of nitrogens with zero attached hydrogens (tertiary/aromatic N) is 2. The molecule has 0 aliphatic heterocycles. The van der Waals surface area contributed by atoms with E-state index in [-0.39, 0.29) is 5.91 Å². The fourth-order valence-electron chi connectivity index (χ4n) is 1.83. The first-order valence-electron chi connectivity index (χ1n) is 6.52. The quantitative estimate of drug-likeness (QED) is 0.805. The lowest BCUT2D eigenvalue weighted by Crippen LogP contribution is -2.12. The summed E-state index contributed by atoms with van der Waals surface area (Å²) in [5.41, 5.74) is 2.82. The SMILES string of the molecule is CCCc1nnsc1C(=O)Nc1ccc(CCBr)cc1. The second-order valence-corrected chi connectivity index (χ2v) is 5.94. The normalized spacial score (nSPS) is 10.5. The van der Waals surface area contributed by atoms with Gasteiger partial charge in [0.05, 0.1) is 5.69 Å². The molecular formula is C14H16BrN3OS. The Labute approximate surface area is 130 Å². The van der Waals surface area contributed by atoms with E-state index in [1.54, 1.807) is 0 Å². The Bertz CT molecular complexity index is 568. The zero-order valence-electron chi connectivity index (χ0n) is 11.2. The van der Waals surface area contributed by atoms with Gasteiger partial charge in [0.15, 0.2) is 0 Å². The molecule has 0 radical (unpaired) electrons. The predicted octanol–water partition coefficient (Wildman–Crippen LogP) is 3.68. The Balaban J connectivity index is 2.05. The molecule has 0 saturated heterocycles. The van der Waals surface area contributed by atoms with Gasteiger partial charge in [-0.2, -0.15) is 0 Å². The minimum atomic E-state index is -0.128. The summed E-state index contributed by atoms with van der Waals surface area (Å²) in [6.45, 7) is 2.06. The molecule has 1 aromatic carbocycles. The molecule has 2 aromatic rings. The van der Waals surface area contributed by atoms with Crippen LogP contribution in [0.1, 0.15) is 34.3 Å². The van der Waals surface area contributed by atoms with E-state index in [2.05, 4.69) is 37.8 Å². The number of nitrogens with one attached hydrogen (secondary N) is 1. The van der Waals surface area contributed by atoms with Gasteiger partial charge in [0.25, 0.3) is 5.91 Å². The summed E-state index contributed by atoms with van der Waals surface area (Å²) in [6, 6.07) is 7.89. The molecule has 1 N–H and O–H groups in total. The summed E-state index contributed by atoms with van der Waals surface area (Å²) < 4.78 is 3.87. The zero-order valence-corrected chi connectivity index (χ0v) is 13.6. The largest absolute Gasteiger partial charge is 0.321 e. The van der Waals surface area contributed by atoms with Gasteiger partial charge < -0.3 is 5.32 Å². The van der Waals surface area contributed by atoms with Crippen molar-refractivity contribution >= 4 is 39.1 Å². The number of hydrogen-bond acceptors (Lipinski definition) is 4. The number of rotatable bonds is 6. The summed E-state index contributed by atoms with van der Waals surface area (Å²) in [6.07, 6.45) is 2.71. The Morgan fingerprint density at radius 3 is 2.70 bits per heavy atom. The van der Waals surface area contributed by atoms with E-state index in [1.807, 2.05) is 24.3 Å². The molecule has 20 heavy (non-hydrogen) atoms. The summed E-state index contributed by atoms with van der Waals surface area (Å²) in [5.74, 6) is -0.128. The van der Waals surface area contributed by atoms with E-state index in [1.165, 1.54) is 5.56 Å². The number of alkyl halides is 1. The van der Waals surface area contributed by atoms with E-state index in [0.717, 1.165) is 47.5 Å². The molecule has 2 rings (SSSR count). The Morgan fingerprint density at radius 1 is 1.30 bits per heavy atom. The number of halogens is 1. The molecule has 6 heteroatoms. The van der Waals surface area contributed by atoms with Gasteiger partial charge in [-0.3, -0.25) is 4.79 Å². The number of benzene rings is 1. The van der Waals surface area contributed by atoms with Crippen molar-refractivity contribution < 1.29 is 4.79 Å². The first-order valence-corrected chi connectivity index (χ1v) is 8.41. The Kier molecular flexibility index (Phi) is 5.67. The van der Waals surface area contributed by atoms with Gasteiger partial charge in [-0.1, -0.05) is 45.9 Å². The van der Waals surface area contributed by atoms with Crippen LogP contribution >= 0.6 is 27.5 Å². The minimum Gasteiger partial charge on any atom is -0.321 e. The van der Waals surface area contributed by atoms with Crippen LogP contribution in [-0.4, -0.2) is 20.8 Å². The van der Waals surface area contributed by atoms with Crippen LogP contribution in [0.15, 0.2) is 24.3 Å². The van der Waals surface area contributed by atoms with Gasteiger partial charge in [0.1, 0.15) is 4.88 Å². The lowest BCUT2D eigenvalue weighted by Gasteiger charge is -2.05. The zero-order chi connectivity index (χ0) is 14.4. The summed E-state index contributed by atoms with van der Waals surface area (Å²) >= 11 is 4.56. The van der Waals surface area contributed by atoms with Crippen molar-refractivity contribution in [2.24, 2.45) is 0 Å². The van der Waals surface area contributed by atoms with Crippen molar-refractivity contribution in [2.45, 2.75) is 26.2 Å². The molecule has 0 fully saturated rings. The van der Waals surface area contributed by atoms with Crippen molar-refractivity contribution in [3.63, 3.8) is 0 Å². The molecule has 0 unspecified atom stereocenters. The summed E-state index contributed by atoms with van der Waals surface area (Å²) in [5, 5.41) is 7.84. The molecule has 0 aliphatic rings. The number of carbonyl (C=O) groups is 1. The number of aryl methyl sites for hydroxylation is 2. The predicted molar refractivity (Wildman–Crippen MR) is 85.8 cm³/mol. The smallest absolute Gasteiger partial charge is 0.269 e. The van der Waals surface area contributed by atoms with E-state index >= 15 is 0 Å². The third-order valence-electron chi connectivity index (χ3n) is 2.84. The maximum atomic E-state index is 12.2. The Hall–Kier alpha value is -1.27. The number of carbonyl (C=O) groups excluding carboxylic acids is 1. The van der Waals surface area contributed by atoms with Gasteiger partial charge in [0.2, 0.25) is 0 Å². The van der Waals surface area contributed by atoms with Crippen molar-refractivity contribution in [1.29, 1.82) is 0 Å². The maximum absolute atomic E-state index is 12.2. The van der Waals surface area contributed by atoms with Crippen molar-refractivity contribution in [3.05, 3.63) is 40.4 Å². The molecule has 4 nitrogen and oxygen atoms in total. The summed E-state index contributed by atoms with van der Waals surface area (Å²) in [7, 11) is 0. The Morgan fingerprint density at radius 2 is 2.05 bits per heavy atom. The molecule has 0 bridgehead atoms. The fraction of sp³-hybridized carbons (Fsp3) is 0.357. The third-order valence-corrected chi connectivity index (χ3v) is 4.01. The van der Waals surface area contributed by atoms with Gasteiger partial charge >= 0.3 is 0 Å². The summed E-state index contributed by atoms with van der Waals surface area (Å²) in [4.78, 5) is 12.8. The van der Waals surface area contributed by atoms with Crippen LogP contribution < -0.4 is 5.32 Å². The molecular weight excluding hydrogens is 338 g/mol. The standard InChI is InChI=1S/C14H16BrN3OS/c1-2-3-12-13(20-18-17-12)14(19)16-11-6-4-10(5-7-11)8-9-15/h4-7H,2-3,8-9H2,1H3,(H,16,19). The van der Waals surface area contributed by atoms with Crippen molar-refractivity contribution in [1.82, 2.24) is 9.59 Å². The molecule has 0 atom stereocenters. The van der Waals surface area contributed by atoms with Gasteiger partial charge in [-0.15, -0.1) is 5.10 Å². The van der Waals surface area contributed by atoms with Crippen LogP contribution in [0.3, 0.4) is 0 Å². The lowest BCUT2D eigenvalue weighted by molar-refractivity contribution is 0.102. The average molecular weight is 354 g/mol. The van der Waals surface area contributed by atoms with Crippen LogP contribution in [-0.2, 0) is 12.8 Å². The highest BCUT2D eigenvalue weighted by molar-refractivity contribution is 9.09. The fourth-order valence-corrected chi connectivity index (χ4v) is 2.89. The van der Waals surface area contributed by atoms with Gasteiger partial charge in [0, 0.05) is 11.0 Å². The monoisotopic (exact) mass is 353 g/mol. The van der Waals surface area contributed by atoms with Gasteiger partial charge in [-0.05, 0) is 42.1 Å². The number of aromatic nitrogens is 2. The van der Waals surface area contributed by atoms with Crippen LogP contribution in [0.5, 0.6) is 0 Å². The number of hydrogen-bond donors (Lipinski definition) is 1. The molecule has 106 valence electrons. The average Bonchev–Trinajstić information content (AvgIpc) is 2.90. The highest BCUT2D eigenvalue weighted by Crippen LogP contribution is 2.16. The van der Waals surface area contributed by atoms with Crippen molar-refractivity contribution in [3.8, 4) is 0 Å². The molecule has 1 heterocycles. The first-order chi connectivity index (χ1) is 9.74. The van der Waals surface area contributed by atoms with Crippen LogP contribution in [0, 0.1) is 0 Å². The molecule has 0 saturated carbocycles. The molecule has 0 aliphatic carbocycles. The molecule has 1 aromatic heterocycles. The van der Waals surface area contributed by atoms with E-state index in [4.69, 9.17) is 0 Å². The minimum absolute atomic E-state index is 0.128. The third kappa shape index (κ3) is 3.86. The maximum Gasteiger partial charge on any atom is 0.269 e. The molecule has 1 amide bonds. The number of anilines is 1. The van der Waals surface area contributed by atoms with Gasteiger partial charge in [-0.25, -0.2) is 0 Å². The highest BCUT2D eigenvalue weighted by atomic mass is 79.9. The van der Waals surface area contributed by atoms with Crippen LogP contribution in [0.25, 0.3) is 0 Å². The number of amides is 1. The highest BCUT2D eigenvalue weighted by Gasteiger charge is 2.15. The lowest BCUT2D eigenvalue weighted by atomic mass is 10.1. The molecule has 0 spiro atoms. The topological polar surface area (TPSA) is 54.9 Å². The van der Waals surface area contributed by atoms with Crippen molar-refractivity contribution in [2.75, 3.05) is 10.6 Å². The van der Waals surface area contributed by atoms with E-state index < -0.39 is 0 Å². The van der Waals surface area contributed by atoms with E-state index in [9.17, 15) is 4.79 Å².